The first-order chi connectivity index (χ1) is 9.93. The van der Waals surface area contributed by atoms with Gasteiger partial charge in [0.05, 0.1) is 10.6 Å². The molecule has 0 aliphatic carbocycles. The predicted octanol–water partition coefficient (Wildman–Crippen LogP) is 4.12. The van der Waals surface area contributed by atoms with Gasteiger partial charge in [-0.2, -0.15) is 5.26 Å². The first kappa shape index (κ1) is 15.4. The van der Waals surface area contributed by atoms with Crippen LogP contribution in [0.15, 0.2) is 24.4 Å². The maximum Gasteiger partial charge on any atom is 0.166 e. The molecule has 0 unspecified atom stereocenters. The number of rotatable bonds is 3. The van der Waals surface area contributed by atoms with Gasteiger partial charge in [0.25, 0.3) is 0 Å². The van der Waals surface area contributed by atoms with Crippen LogP contribution in [0.5, 0.6) is 5.75 Å². The van der Waals surface area contributed by atoms with E-state index in [0.717, 1.165) is 0 Å². The summed E-state index contributed by atoms with van der Waals surface area (Å²) < 4.78 is 19.1. The highest BCUT2D eigenvalue weighted by Gasteiger charge is 2.19. The second kappa shape index (κ2) is 6.17. The molecule has 1 heterocycles. The summed E-state index contributed by atoms with van der Waals surface area (Å²) in [7, 11) is 0. The van der Waals surface area contributed by atoms with Crippen LogP contribution in [-0.4, -0.2) is 4.98 Å². The lowest BCUT2D eigenvalue weighted by molar-refractivity contribution is 0.227. The van der Waals surface area contributed by atoms with Crippen LogP contribution < -0.4 is 10.5 Å². The quantitative estimate of drug-likeness (QED) is 0.861. The van der Waals surface area contributed by atoms with Gasteiger partial charge in [-0.15, -0.1) is 0 Å². The Kier molecular flexibility index (Phi) is 4.51. The minimum absolute atomic E-state index is 0.113. The molecule has 0 aliphatic heterocycles. The Morgan fingerprint density at radius 3 is 2.81 bits per heavy atom. The molecule has 21 heavy (non-hydrogen) atoms. The number of nitrogens with two attached hydrogens (primary N) is 1. The first-order valence-electron chi connectivity index (χ1n) is 5.89. The molecular formula is C14H10Cl2FN3O. The number of aromatic nitrogens is 1. The molecule has 0 aliphatic rings. The number of nitrogen functional groups attached to an aromatic ring is 1. The van der Waals surface area contributed by atoms with Crippen molar-refractivity contribution in [3.63, 3.8) is 0 Å². The molecule has 2 rings (SSSR count). The second-order valence-corrected chi connectivity index (χ2v) is 5.02. The molecule has 0 fully saturated rings. The number of benzene rings is 1. The molecule has 0 radical (unpaired) electrons. The lowest BCUT2D eigenvalue weighted by Gasteiger charge is -2.18. The van der Waals surface area contributed by atoms with E-state index in [-0.39, 0.29) is 21.6 Å². The third kappa shape index (κ3) is 3.18. The van der Waals surface area contributed by atoms with Crippen LogP contribution in [-0.2, 0) is 0 Å². The molecule has 1 atom stereocenters. The van der Waals surface area contributed by atoms with Gasteiger partial charge in [0.2, 0.25) is 0 Å². The number of halogens is 3. The van der Waals surface area contributed by atoms with Crippen LogP contribution in [0.2, 0.25) is 10.0 Å². The molecule has 0 spiro atoms. The summed E-state index contributed by atoms with van der Waals surface area (Å²) in [6, 6.07) is 5.94. The van der Waals surface area contributed by atoms with Crippen LogP contribution in [0, 0.1) is 17.1 Å². The number of nitrogens with zero attached hydrogens (tertiary/aromatic N) is 2. The van der Waals surface area contributed by atoms with Gasteiger partial charge in [0, 0.05) is 22.8 Å². The van der Waals surface area contributed by atoms with E-state index in [0.29, 0.717) is 11.1 Å². The van der Waals surface area contributed by atoms with Gasteiger partial charge in [-0.25, -0.2) is 9.37 Å². The van der Waals surface area contributed by atoms with Crippen molar-refractivity contribution < 1.29 is 9.13 Å². The lowest BCUT2D eigenvalue weighted by Crippen LogP contribution is -2.08. The van der Waals surface area contributed by atoms with Crippen LogP contribution in [0.4, 0.5) is 10.2 Å². The van der Waals surface area contributed by atoms with Crippen molar-refractivity contribution in [2.75, 3.05) is 5.73 Å². The van der Waals surface area contributed by atoms with Gasteiger partial charge in [-0.05, 0) is 19.1 Å². The summed E-state index contributed by atoms with van der Waals surface area (Å²) in [5.74, 6) is -0.272. The first-order valence-corrected chi connectivity index (χ1v) is 6.65. The van der Waals surface area contributed by atoms with E-state index < -0.39 is 11.9 Å². The van der Waals surface area contributed by atoms with Crippen LogP contribution in [0.25, 0.3) is 0 Å². The fourth-order valence-corrected chi connectivity index (χ4v) is 2.45. The van der Waals surface area contributed by atoms with Gasteiger partial charge < -0.3 is 10.5 Å². The molecule has 1 aromatic carbocycles. The monoisotopic (exact) mass is 325 g/mol. The van der Waals surface area contributed by atoms with Crippen LogP contribution in [0.1, 0.15) is 24.2 Å². The van der Waals surface area contributed by atoms with E-state index in [1.807, 2.05) is 6.07 Å². The molecule has 2 aromatic rings. The molecule has 0 amide bonds. The van der Waals surface area contributed by atoms with Crippen molar-refractivity contribution >= 4 is 29.0 Å². The minimum atomic E-state index is -0.668. The van der Waals surface area contributed by atoms with Gasteiger partial charge in [-0.1, -0.05) is 23.2 Å². The summed E-state index contributed by atoms with van der Waals surface area (Å²) in [6.45, 7) is 1.64. The van der Waals surface area contributed by atoms with E-state index in [1.54, 1.807) is 6.92 Å². The molecule has 108 valence electrons. The smallest absolute Gasteiger partial charge is 0.166 e. The molecule has 2 N–H and O–H groups in total. The summed E-state index contributed by atoms with van der Waals surface area (Å²) in [4.78, 5) is 3.85. The number of ether oxygens (including phenoxy) is 1. The second-order valence-electron chi connectivity index (χ2n) is 4.24. The normalized spacial score (nSPS) is 11.8. The number of hydrogen-bond acceptors (Lipinski definition) is 4. The summed E-state index contributed by atoms with van der Waals surface area (Å²) in [6.07, 6.45) is 0.661. The van der Waals surface area contributed by atoms with Crippen LogP contribution >= 0.6 is 23.2 Å². The maximum atomic E-state index is 13.5. The Morgan fingerprint density at radius 1 is 1.43 bits per heavy atom. The Morgan fingerprint density at radius 2 is 2.14 bits per heavy atom. The maximum absolute atomic E-state index is 13.5. The summed E-state index contributed by atoms with van der Waals surface area (Å²) in [5.41, 5.74) is 6.29. The molecular weight excluding hydrogens is 316 g/mol. The van der Waals surface area contributed by atoms with E-state index in [9.17, 15) is 4.39 Å². The zero-order chi connectivity index (χ0) is 15.6. The average Bonchev–Trinajstić information content (AvgIpc) is 2.46. The summed E-state index contributed by atoms with van der Waals surface area (Å²) >= 11 is 11.9. The Labute approximate surface area is 130 Å². The molecule has 7 heteroatoms. The van der Waals surface area contributed by atoms with Crippen molar-refractivity contribution in [2.24, 2.45) is 0 Å². The molecule has 1 aromatic heterocycles. The summed E-state index contributed by atoms with van der Waals surface area (Å²) in [5, 5.41) is 9.01. The number of nitriles is 1. The van der Waals surface area contributed by atoms with Crippen molar-refractivity contribution in [1.29, 1.82) is 5.26 Å². The van der Waals surface area contributed by atoms with Crippen molar-refractivity contribution in [2.45, 2.75) is 13.0 Å². The van der Waals surface area contributed by atoms with E-state index in [1.165, 1.54) is 24.4 Å². The highest BCUT2D eigenvalue weighted by atomic mass is 35.5. The average molecular weight is 326 g/mol. The van der Waals surface area contributed by atoms with Crippen molar-refractivity contribution in [3.05, 3.63) is 51.4 Å². The fourth-order valence-electron chi connectivity index (χ4n) is 1.78. The highest BCUT2D eigenvalue weighted by molar-refractivity contribution is 6.36. The van der Waals surface area contributed by atoms with Crippen molar-refractivity contribution in [3.8, 4) is 11.8 Å². The van der Waals surface area contributed by atoms with Gasteiger partial charge in [0.1, 0.15) is 18.0 Å². The third-order valence-corrected chi connectivity index (χ3v) is 3.51. The number of pyridine rings is 1. The van der Waals surface area contributed by atoms with E-state index in [4.69, 9.17) is 38.9 Å². The van der Waals surface area contributed by atoms with Gasteiger partial charge >= 0.3 is 0 Å². The molecule has 0 bridgehead atoms. The van der Waals surface area contributed by atoms with Gasteiger partial charge in [-0.3, -0.25) is 0 Å². The molecule has 4 nitrogen and oxygen atoms in total. The Hall–Kier alpha value is -2.03. The number of anilines is 1. The van der Waals surface area contributed by atoms with Crippen molar-refractivity contribution in [1.82, 2.24) is 4.98 Å². The standard InChI is InChI=1S/C14H10Cl2FN3O/c1-7(12-9(15)2-3-10(17)13(12)16)21-11-4-8(5-18)6-20-14(11)19/h2-4,6-7H,1H3,(H2,19,20)/t7-/m0/s1. The fraction of sp³-hybridized carbons (Fsp3) is 0.143. The van der Waals surface area contributed by atoms with E-state index in [2.05, 4.69) is 4.98 Å². The minimum Gasteiger partial charge on any atom is -0.482 e. The van der Waals surface area contributed by atoms with Gasteiger partial charge in [0.15, 0.2) is 11.6 Å². The highest BCUT2D eigenvalue weighted by Crippen LogP contribution is 2.35. The van der Waals surface area contributed by atoms with E-state index >= 15 is 0 Å². The Balaban J connectivity index is 2.37. The zero-order valence-electron chi connectivity index (χ0n) is 10.9. The zero-order valence-corrected chi connectivity index (χ0v) is 12.4. The predicted molar refractivity (Wildman–Crippen MR) is 78.8 cm³/mol. The SMILES string of the molecule is C[C@H](Oc1cc(C#N)cnc1N)c1c(Cl)ccc(F)c1Cl. The lowest BCUT2D eigenvalue weighted by atomic mass is 10.1. The molecule has 0 saturated heterocycles. The topological polar surface area (TPSA) is 71.9 Å². The molecule has 0 saturated carbocycles. The largest absolute Gasteiger partial charge is 0.482 e. The Bertz CT molecular complexity index is 731. The third-order valence-electron chi connectivity index (χ3n) is 2.80. The number of hydrogen-bond donors (Lipinski definition) is 1. The van der Waals surface area contributed by atoms with Crippen LogP contribution in [0.3, 0.4) is 0 Å².